The first-order valence-corrected chi connectivity index (χ1v) is 5.19. The molecule has 0 aromatic heterocycles. The van der Waals surface area contributed by atoms with E-state index in [0.717, 1.165) is 21.8 Å². The van der Waals surface area contributed by atoms with Crippen LogP contribution in [0.3, 0.4) is 0 Å². The van der Waals surface area contributed by atoms with Gasteiger partial charge in [0.05, 0.1) is 4.47 Å². The maximum absolute atomic E-state index is 9.46. The molecule has 60 valence electrons. The van der Waals surface area contributed by atoms with Gasteiger partial charge in [-0.2, -0.15) is 0 Å². The average molecular weight is 280 g/mol. The van der Waals surface area contributed by atoms with Crippen molar-refractivity contribution >= 4 is 31.9 Å². The van der Waals surface area contributed by atoms with Crippen LogP contribution >= 0.6 is 31.9 Å². The van der Waals surface area contributed by atoms with E-state index in [4.69, 9.17) is 0 Å². The van der Waals surface area contributed by atoms with Gasteiger partial charge in [0.15, 0.2) is 0 Å². The minimum absolute atomic E-state index is 0.354. The molecule has 1 aromatic rings. The molecule has 0 aliphatic heterocycles. The fourth-order valence-corrected chi connectivity index (χ4v) is 1.70. The summed E-state index contributed by atoms with van der Waals surface area (Å²) in [4.78, 5) is 0. The smallest absolute Gasteiger partial charge is 0.132 e. The molecule has 1 nitrogen and oxygen atoms in total. The standard InChI is InChI=1S/C8H8Br2O/c9-5-4-6-2-1-3-7(10)8(6)11/h1-3,11H,4-5H2. The number of aromatic hydroxyl groups is 1. The molecule has 1 N–H and O–H groups in total. The third-order valence-electron chi connectivity index (χ3n) is 1.43. The second kappa shape index (κ2) is 4.12. The molecule has 0 atom stereocenters. The second-order valence-corrected chi connectivity index (χ2v) is 3.83. The highest BCUT2D eigenvalue weighted by atomic mass is 79.9. The maximum atomic E-state index is 9.46. The summed E-state index contributed by atoms with van der Waals surface area (Å²) in [6, 6.07) is 5.66. The summed E-state index contributed by atoms with van der Waals surface area (Å²) in [5, 5.41) is 10.3. The number of benzene rings is 1. The molecular weight excluding hydrogens is 272 g/mol. The van der Waals surface area contributed by atoms with Crippen molar-refractivity contribution in [3.63, 3.8) is 0 Å². The molecule has 0 radical (unpaired) electrons. The van der Waals surface area contributed by atoms with Crippen molar-refractivity contribution in [3.8, 4) is 5.75 Å². The van der Waals surface area contributed by atoms with Gasteiger partial charge in [0, 0.05) is 5.33 Å². The molecule has 1 aromatic carbocycles. The van der Waals surface area contributed by atoms with Crippen molar-refractivity contribution in [2.24, 2.45) is 0 Å². The van der Waals surface area contributed by atoms with Gasteiger partial charge < -0.3 is 5.11 Å². The van der Waals surface area contributed by atoms with Gasteiger partial charge in [-0.05, 0) is 34.0 Å². The Morgan fingerprint density at radius 1 is 1.36 bits per heavy atom. The van der Waals surface area contributed by atoms with E-state index in [1.165, 1.54) is 0 Å². The fourth-order valence-electron chi connectivity index (χ4n) is 0.864. The predicted molar refractivity (Wildman–Crippen MR) is 53.3 cm³/mol. The summed E-state index contributed by atoms with van der Waals surface area (Å²) in [6.45, 7) is 0. The largest absolute Gasteiger partial charge is 0.506 e. The van der Waals surface area contributed by atoms with Crippen molar-refractivity contribution in [2.45, 2.75) is 6.42 Å². The van der Waals surface area contributed by atoms with Crippen LogP contribution in [0, 0.1) is 0 Å². The molecule has 0 bridgehead atoms. The summed E-state index contributed by atoms with van der Waals surface area (Å²) < 4.78 is 0.760. The van der Waals surface area contributed by atoms with Gasteiger partial charge in [-0.1, -0.05) is 28.1 Å². The van der Waals surface area contributed by atoms with E-state index in [0.29, 0.717) is 5.75 Å². The number of alkyl halides is 1. The zero-order valence-corrected chi connectivity index (χ0v) is 9.02. The Kier molecular flexibility index (Phi) is 3.40. The highest BCUT2D eigenvalue weighted by molar-refractivity contribution is 9.10. The molecule has 11 heavy (non-hydrogen) atoms. The molecule has 0 spiro atoms. The van der Waals surface area contributed by atoms with Gasteiger partial charge in [0.2, 0.25) is 0 Å². The number of phenolic OH excluding ortho intramolecular Hbond substituents is 1. The Morgan fingerprint density at radius 3 is 2.73 bits per heavy atom. The number of aryl methyl sites for hydroxylation is 1. The quantitative estimate of drug-likeness (QED) is 0.825. The number of hydrogen-bond acceptors (Lipinski definition) is 1. The Labute approximate surface area is 82.7 Å². The van der Waals surface area contributed by atoms with Crippen LogP contribution in [0.2, 0.25) is 0 Å². The van der Waals surface area contributed by atoms with Crippen LogP contribution in [-0.4, -0.2) is 10.4 Å². The third kappa shape index (κ3) is 2.20. The first-order valence-electron chi connectivity index (χ1n) is 3.28. The number of halogens is 2. The lowest BCUT2D eigenvalue weighted by Crippen LogP contribution is -1.86. The lowest BCUT2D eigenvalue weighted by Gasteiger charge is -2.02. The third-order valence-corrected chi connectivity index (χ3v) is 2.47. The lowest BCUT2D eigenvalue weighted by molar-refractivity contribution is 0.465. The molecule has 0 aliphatic carbocycles. The fraction of sp³-hybridized carbons (Fsp3) is 0.250. The van der Waals surface area contributed by atoms with Crippen molar-refractivity contribution in [1.82, 2.24) is 0 Å². The summed E-state index contributed by atoms with van der Waals surface area (Å²) in [5.41, 5.74) is 0.969. The molecule has 1 rings (SSSR count). The molecular formula is C8H8Br2O. The Morgan fingerprint density at radius 2 is 2.09 bits per heavy atom. The van der Waals surface area contributed by atoms with Crippen molar-refractivity contribution < 1.29 is 5.11 Å². The number of rotatable bonds is 2. The van der Waals surface area contributed by atoms with Crippen LogP contribution in [0.4, 0.5) is 0 Å². The average Bonchev–Trinajstić information content (AvgIpc) is 1.99. The summed E-state index contributed by atoms with van der Waals surface area (Å²) in [7, 11) is 0. The lowest BCUT2D eigenvalue weighted by atomic mass is 10.1. The summed E-state index contributed by atoms with van der Waals surface area (Å²) in [6.07, 6.45) is 0.852. The Hall–Kier alpha value is -0.0200. The van der Waals surface area contributed by atoms with Gasteiger partial charge in [-0.25, -0.2) is 0 Å². The van der Waals surface area contributed by atoms with Crippen molar-refractivity contribution in [3.05, 3.63) is 28.2 Å². The molecule has 0 fully saturated rings. The van der Waals surface area contributed by atoms with Crippen LogP contribution < -0.4 is 0 Å². The van der Waals surface area contributed by atoms with Crippen LogP contribution in [0.5, 0.6) is 5.75 Å². The Balaban J connectivity index is 2.96. The van der Waals surface area contributed by atoms with Gasteiger partial charge in [-0.3, -0.25) is 0 Å². The number of phenols is 1. The van der Waals surface area contributed by atoms with E-state index in [-0.39, 0.29) is 0 Å². The zero-order chi connectivity index (χ0) is 8.27. The molecule has 0 aliphatic rings. The van der Waals surface area contributed by atoms with Crippen molar-refractivity contribution in [1.29, 1.82) is 0 Å². The summed E-state index contributed by atoms with van der Waals surface area (Å²) in [5.74, 6) is 0.354. The van der Waals surface area contributed by atoms with E-state index >= 15 is 0 Å². The molecule has 0 amide bonds. The van der Waals surface area contributed by atoms with E-state index in [9.17, 15) is 5.11 Å². The van der Waals surface area contributed by atoms with Crippen LogP contribution in [0.15, 0.2) is 22.7 Å². The van der Waals surface area contributed by atoms with Gasteiger partial charge in [0.1, 0.15) is 5.75 Å². The molecule has 0 heterocycles. The topological polar surface area (TPSA) is 20.2 Å². The van der Waals surface area contributed by atoms with Gasteiger partial charge in [0.25, 0.3) is 0 Å². The first-order chi connectivity index (χ1) is 5.25. The van der Waals surface area contributed by atoms with E-state index in [1.54, 1.807) is 0 Å². The highest BCUT2D eigenvalue weighted by Crippen LogP contribution is 2.27. The Bertz CT molecular complexity index is 248. The van der Waals surface area contributed by atoms with Crippen LogP contribution in [-0.2, 0) is 6.42 Å². The van der Waals surface area contributed by atoms with E-state index in [2.05, 4.69) is 31.9 Å². The van der Waals surface area contributed by atoms with Crippen LogP contribution in [0.1, 0.15) is 5.56 Å². The SMILES string of the molecule is Oc1c(Br)cccc1CCBr. The molecule has 0 unspecified atom stereocenters. The number of hydrogen-bond donors (Lipinski definition) is 1. The zero-order valence-electron chi connectivity index (χ0n) is 5.85. The normalized spacial score (nSPS) is 10.0. The van der Waals surface area contributed by atoms with Gasteiger partial charge >= 0.3 is 0 Å². The summed E-state index contributed by atoms with van der Waals surface area (Å²) >= 11 is 6.57. The predicted octanol–water partition coefficient (Wildman–Crippen LogP) is 3.09. The molecule has 0 saturated carbocycles. The number of para-hydroxylation sites is 1. The van der Waals surface area contributed by atoms with E-state index < -0.39 is 0 Å². The minimum Gasteiger partial charge on any atom is -0.506 e. The second-order valence-electron chi connectivity index (χ2n) is 2.19. The van der Waals surface area contributed by atoms with Crippen LogP contribution in [0.25, 0.3) is 0 Å². The maximum Gasteiger partial charge on any atom is 0.132 e. The van der Waals surface area contributed by atoms with Crippen molar-refractivity contribution in [2.75, 3.05) is 5.33 Å². The molecule has 0 saturated heterocycles. The van der Waals surface area contributed by atoms with E-state index in [1.807, 2.05) is 18.2 Å². The minimum atomic E-state index is 0.354. The monoisotopic (exact) mass is 278 g/mol. The molecule has 3 heteroatoms. The highest BCUT2D eigenvalue weighted by Gasteiger charge is 2.02. The van der Waals surface area contributed by atoms with Gasteiger partial charge in [-0.15, -0.1) is 0 Å². The first kappa shape index (κ1) is 9.07.